The van der Waals surface area contributed by atoms with E-state index in [4.69, 9.17) is 4.98 Å². The summed E-state index contributed by atoms with van der Waals surface area (Å²) in [5.74, 6) is 0.946. The van der Waals surface area contributed by atoms with Crippen molar-refractivity contribution in [2.45, 2.75) is 0 Å². The van der Waals surface area contributed by atoms with Crippen LogP contribution in [0.3, 0.4) is 0 Å². The Labute approximate surface area is 243 Å². The first kappa shape index (κ1) is 23.1. The van der Waals surface area contributed by atoms with Crippen LogP contribution >= 0.6 is 0 Å². The van der Waals surface area contributed by atoms with E-state index >= 15 is 0 Å². The van der Waals surface area contributed by atoms with E-state index in [-0.39, 0.29) is 0 Å². The second-order valence-electron chi connectivity index (χ2n) is 10.9. The van der Waals surface area contributed by atoms with Crippen LogP contribution < -0.4 is 4.90 Å². The van der Waals surface area contributed by atoms with Gasteiger partial charge in [-0.25, -0.2) is 4.98 Å². The topological polar surface area (TPSA) is 21.1 Å². The number of anilines is 3. The molecule has 2 aromatic heterocycles. The minimum atomic E-state index is 0.946. The lowest BCUT2D eigenvalue weighted by Crippen LogP contribution is -2.16. The number of nitrogens with zero attached hydrogens (tertiary/aromatic N) is 3. The van der Waals surface area contributed by atoms with Crippen LogP contribution in [0.1, 0.15) is 0 Å². The fourth-order valence-corrected chi connectivity index (χ4v) is 6.74. The highest BCUT2D eigenvalue weighted by molar-refractivity contribution is 6.14. The quantitative estimate of drug-likeness (QED) is 0.224. The van der Waals surface area contributed by atoms with Crippen molar-refractivity contribution in [3.8, 4) is 27.9 Å². The molecule has 6 aromatic carbocycles. The van der Waals surface area contributed by atoms with Gasteiger partial charge in [0.15, 0.2) is 0 Å². The minimum absolute atomic E-state index is 0.946. The summed E-state index contributed by atoms with van der Waals surface area (Å²) in [7, 11) is 0. The molecular weight excluding hydrogens is 510 g/mol. The van der Waals surface area contributed by atoms with Crippen molar-refractivity contribution >= 4 is 49.8 Å². The summed E-state index contributed by atoms with van der Waals surface area (Å²) >= 11 is 0. The monoisotopic (exact) mass is 535 g/mol. The SMILES string of the molecule is c1ccc(-c2cc3c4c(cccc4c2)N(c2cccc(-n4c5ccccc5c5ccccc54)c2)c2ncccc2-3)cc1. The Morgan fingerprint density at radius 1 is 0.476 bits per heavy atom. The molecule has 9 rings (SSSR count). The Balaban J connectivity index is 1.29. The number of fused-ring (bicyclic) bond motifs is 5. The van der Waals surface area contributed by atoms with Crippen molar-refractivity contribution in [3.05, 3.63) is 152 Å². The van der Waals surface area contributed by atoms with Gasteiger partial charge in [0.2, 0.25) is 0 Å². The van der Waals surface area contributed by atoms with Crippen molar-refractivity contribution in [1.29, 1.82) is 0 Å². The minimum Gasteiger partial charge on any atom is -0.309 e. The lowest BCUT2D eigenvalue weighted by molar-refractivity contribution is 1.15. The molecule has 0 atom stereocenters. The van der Waals surface area contributed by atoms with Gasteiger partial charge in [-0.3, -0.25) is 4.90 Å². The van der Waals surface area contributed by atoms with E-state index in [1.165, 1.54) is 49.3 Å². The van der Waals surface area contributed by atoms with Crippen LogP contribution in [-0.4, -0.2) is 9.55 Å². The maximum atomic E-state index is 4.98. The highest BCUT2D eigenvalue weighted by Gasteiger charge is 2.28. The van der Waals surface area contributed by atoms with E-state index in [0.29, 0.717) is 0 Å². The summed E-state index contributed by atoms with van der Waals surface area (Å²) in [4.78, 5) is 7.30. The summed E-state index contributed by atoms with van der Waals surface area (Å²) in [5, 5.41) is 5.00. The van der Waals surface area contributed by atoms with Gasteiger partial charge in [-0.1, -0.05) is 84.9 Å². The number of benzene rings is 6. The average Bonchev–Trinajstić information content (AvgIpc) is 3.40. The molecule has 42 heavy (non-hydrogen) atoms. The van der Waals surface area contributed by atoms with Crippen LogP contribution in [0.4, 0.5) is 17.2 Å². The van der Waals surface area contributed by atoms with Crippen molar-refractivity contribution in [2.75, 3.05) is 4.90 Å². The summed E-state index contributed by atoms with van der Waals surface area (Å²) in [6.45, 7) is 0. The third-order valence-electron chi connectivity index (χ3n) is 8.52. The van der Waals surface area contributed by atoms with Gasteiger partial charge < -0.3 is 4.57 Å². The zero-order valence-corrected chi connectivity index (χ0v) is 22.8. The van der Waals surface area contributed by atoms with Gasteiger partial charge in [-0.2, -0.15) is 0 Å². The highest BCUT2D eigenvalue weighted by Crippen LogP contribution is 2.51. The number of hydrogen-bond donors (Lipinski definition) is 0. The summed E-state index contributed by atoms with van der Waals surface area (Å²) in [5.41, 5.74) is 10.6. The molecule has 8 aromatic rings. The third kappa shape index (κ3) is 3.31. The van der Waals surface area contributed by atoms with E-state index in [1.54, 1.807) is 0 Å². The van der Waals surface area contributed by atoms with Crippen LogP contribution in [0, 0.1) is 0 Å². The first-order valence-electron chi connectivity index (χ1n) is 14.3. The summed E-state index contributed by atoms with van der Waals surface area (Å²) in [6, 6.07) is 52.3. The molecular formula is C39H25N3. The molecule has 196 valence electrons. The van der Waals surface area contributed by atoms with Crippen LogP contribution in [0.2, 0.25) is 0 Å². The van der Waals surface area contributed by atoms with Gasteiger partial charge in [0.05, 0.1) is 16.7 Å². The second kappa shape index (κ2) is 8.92. The highest BCUT2D eigenvalue weighted by atomic mass is 15.2. The summed E-state index contributed by atoms with van der Waals surface area (Å²) in [6.07, 6.45) is 1.90. The smallest absolute Gasteiger partial charge is 0.145 e. The molecule has 3 nitrogen and oxygen atoms in total. The van der Waals surface area contributed by atoms with E-state index in [0.717, 1.165) is 28.4 Å². The van der Waals surface area contributed by atoms with Crippen LogP contribution in [0.25, 0.3) is 60.5 Å². The number of aromatic nitrogens is 2. The Morgan fingerprint density at radius 2 is 1.19 bits per heavy atom. The van der Waals surface area contributed by atoms with E-state index in [9.17, 15) is 0 Å². The molecule has 0 spiro atoms. The molecule has 0 amide bonds. The fraction of sp³-hybridized carbons (Fsp3) is 0. The lowest BCUT2D eigenvalue weighted by atomic mass is 9.89. The maximum absolute atomic E-state index is 4.98. The van der Waals surface area contributed by atoms with E-state index < -0.39 is 0 Å². The van der Waals surface area contributed by atoms with Crippen molar-refractivity contribution in [3.63, 3.8) is 0 Å². The van der Waals surface area contributed by atoms with Gasteiger partial charge in [0.1, 0.15) is 5.82 Å². The van der Waals surface area contributed by atoms with Gasteiger partial charge in [0, 0.05) is 39.3 Å². The Hall–Kier alpha value is -5.67. The first-order valence-corrected chi connectivity index (χ1v) is 14.3. The van der Waals surface area contributed by atoms with Gasteiger partial charge >= 0.3 is 0 Å². The fourth-order valence-electron chi connectivity index (χ4n) is 6.74. The molecule has 1 aliphatic heterocycles. The molecule has 0 saturated heterocycles. The van der Waals surface area contributed by atoms with Crippen molar-refractivity contribution < 1.29 is 0 Å². The molecule has 0 fully saturated rings. The Kier molecular flexibility index (Phi) is 4.90. The normalized spacial score (nSPS) is 12.2. The zero-order chi connectivity index (χ0) is 27.6. The van der Waals surface area contributed by atoms with Crippen LogP contribution in [0.15, 0.2) is 152 Å². The summed E-state index contributed by atoms with van der Waals surface area (Å²) < 4.78 is 2.37. The maximum Gasteiger partial charge on any atom is 0.145 e. The molecule has 0 aliphatic carbocycles. The molecule has 0 bridgehead atoms. The molecule has 3 heteroatoms. The van der Waals surface area contributed by atoms with Crippen LogP contribution in [-0.2, 0) is 0 Å². The molecule has 3 heterocycles. The second-order valence-corrected chi connectivity index (χ2v) is 10.9. The largest absolute Gasteiger partial charge is 0.309 e. The van der Waals surface area contributed by atoms with Crippen LogP contribution in [0.5, 0.6) is 0 Å². The Bertz CT molecular complexity index is 2260. The predicted molar refractivity (Wildman–Crippen MR) is 175 cm³/mol. The van der Waals surface area contributed by atoms with Gasteiger partial charge in [-0.05, 0) is 82.7 Å². The molecule has 1 aliphatic rings. The number of hydrogen-bond acceptors (Lipinski definition) is 2. The average molecular weight is 536 g/mol. The standard InChI is InChI=1S/C39H25N3/c1-2-11-26(12-3-1)28-23-27-13-8-21-37-38(27)34(24-28)33-18-10-22-40-39(33)42(37)30-15-9-14-29(25-30)41-35-19-6-4-16-31(35)32-17-5-7-20-36(32)41/h1-25H. The Morgan fingerprint density at radius 3 is 2.00 bits per heavy atom. The van der Waals surface area contributed by atoms with Crippen molar-refractivity contribution in [1.82, 2.24) is 9.55 Å². The lowest BCUT2D eigenvalue weighted by Gasteiger charge is -2.33. The first-order chi connectivity index (χ1) is 20.8. The van der Waals surface area contributed by atoms with Crippen molar-refractivity contribution in [2.24, 2.45) is 0 Å². The predicted octanol–water partition coefficient (Wildman–Crippen LogP) is 10.4. The molecule has 0 radical (unpaired) electrons. The zero-order valence-electron chi connectivity index (χ0n) is 22.8. The number of pyridine rings is 1. The van der Waals surface area contributed by atoms with Gasteiger partial charge in [0.25, 0.3) is 0 Å². The molecule has 0 unspecified atom stereocenters. The van der Waals surface area contributed by atoms with E-state index in [2.05, 4.69) is 149 Å². The van der Waals surface area contributed by atoms with Gasteiger partial charge in [-0.15, -0.1) is 0 Å². The third-order valence-corrected chi connectivity index (χ3v) is 8.52. The van der Waals surface area contributed by atoms with E-state index in [1.807, 2.05) is 12.3 Å². The number of rotatable bonds is 3. The number of para-hydroxylation sites is 2. The molecule has 0 N–H and O–H groups in total. The molecule has 0 saturated carbocycles.